The molecule has 0 spiro atoms. The Bertz CT molecular complexity index is 660. The fourth-order valence-electron chi connectivity index (χ4n) is 2.77. The van der Waals surface area contributed by atoms with Gasteiger partial charge < -0.3 is 14.4 Å². The van der Waals surface area contributed by atoms with E-state index >= 15 is 0 Å². The van der Waals surface area contributed by atoms with Gasteiger partial charge in [-0.25, -0.2) is 4.79 Å². The van der Waals surface area contributed by atoms with Crippen LogP contribution in [-0.2, 0) is 11.3 Å². The van der Waals surface area contributed by atoms with Gasteiger partial charge in [-0.15, -0.1) is 0 Å². The Kier molecular flexibility index (Phi) is 5.75. The van der Waals surface area contributed by atoms with Gasteiger partial charge in [0.2, 0.25) is 0 Å². The third kappa shape index (κ3) is 4.51. The van der Waals surface area contributed by atoms with E-state index in [1.54, 1.807) is 4.90 Å². The number of ether oxygens (including phenoxy) is 2. The lowest BCUT2D eigenvalue weighted by atomic mass is 10.2. The third-order valence-corrected chi connectivity index (χ3v) is 4.60. The minimum Gasteiger partial charge on any atom is -0.491 e. The fraction of sp³-hybridized carbons (Fsp3) is 0.316. The molecule has 1 atom stereocenters. The van der Waals surface area contributed by atoms with Crippen molar-refractivity contribution in [3.8, 4) is 5.75 Å². The molecule has 5 heteroatoms. The van der Waals surface area contributed by atoms with Crippen molar-refractivity contribution in [2.45, 2.75) is 25.5 Å². The van der Waals surface area contributed by atoms with Crippen LogP contribution in [0.1, 0.15) is 18.4 Å². The number of hydrogen-bond acceptors (Lipinski definition) is 3. The third-order valence-electron chi connectivity index (χ3n) is 4.07. The average molecular weight is 390 g/mol. The zero-order chi connectivity index (χ0) is 16.8. The molecular weight excluding hydrogens is 370 g/mol. The first-order chi connectivity index (χ1) is 11.7. The summed E-state index contributed by atoms with van der Waals surface area (Å²) in [5.74, 6) is 0.808. The van der Waals surface area contributed by atoms with E-state index in [1.165, 1.54) is 0 Å². The number of amides is 1. The standard InChI is InChI=1S/C19H20BrNO3/c20-16-8-10-18(11-9-16)23-14-17-7-4-12-21(17)19(22)24-13-15-5-2-1-3-6-15/h1-3,5-6,8-11,17H,4,7,12-14H2/t17-/m0/s1. The van der Waals surface area contributed by atoms with Crippen LogP contribution >= 0.6 is 15.9 Å². The number of carbonyl (C=O) groups excluding carboxylic acids is 1. The SMILES string of the molecule is O=C(OCc1ccccc1)N1CCC[C@H]1COc1ccc(Br)cc1. The van der Waals surface area contributed by atoms with E-state index in [2.05, 4.69) is 15.9 Å². The zero-order valence-corrected chi connectivity index (χ0v) is 14.9. The van der Waals surface area contributed by atoms with Gasteiger partial charge >= 0.3 is 6.09 Å². The summed E-state index contributed by atoms with van der Waals surface area (Å²) in [6, 6.07) is 17.5. The van der Waals surface area contributed by atoms with E-state index in [9.17, 15) is 4.79 Å². The molecule has 0 unspecified atom stereocenters. The highest BCUT2D eigenvalue weighted by Gasteiger charge is 2.30. The van der Waals surface area contributed by atoms with Crippen molar-refractivity contribution in [1.29, 1.82) is 0 Å². The van der Waals surface area contributed by atoms with E-state index in [4.69, 9.17) is 9.47 Å². The molecule has 126 valence electrons. The highest BCUT2D eigenvalue weighted by Crippen LogP contribution is 2.21. The van der Waals surface area contributed by atoms with Crippen molar-refractivity contribution in [2.24, 2.45) is 0 Å². The lowest BCUT2D eigenvalue weighted by Crippen LogP contribution is -2.39. The number of halogens is 1. The van der Waals surface area contributed by atoms with Gasteiger partial charge in [0.15, 0.2) is 0 Å². The van der Waals surface area contributed by atoms with Crippen molar-refractivity contribution in [1.82, 2.24) is 4.90 Å². The van der Waals surface area contributed by atoms with Crippen LogP contribution in [0.2, 0.25) is 0 Å². The number of carbonyl (C=O) groups is 1. The number of hydrogen-bond donors (Lipinski definition) is 0. The Morgan fingerprint density at radius 2 is 1.88 bits per heavy atom. The van der Waals surface area contributed by atoms with Crippen LogP contribution in [0.3, 0.4) is 0 Å². The molecule has 1 heterocycles. The van der Waals surface area contributed by atoms with Gasteiger partial charge in [0.1, 0.15) is 19.0 Å². The van der Waals surface area contributed by atoms with Gasteiger partial charge in [-0.3, -0.25) is 0 Å². The van der Waals surface area contributed by atoms with Gasteiger partial charge in [-0.05, 0) is 42.7 Å². The summed E-state index contributed by atoms with van der Waals surface area (Å²) in [5, 5.41) is 0. The number of benzene rings is 2. The summed E-state index contributed by atoms with van der Waals surface area (Å²) in [7, 11) is 0. The highest BCUT2D eigenvalue weighted by atomic mass is 79.9. The first-order valence-corrected chi connectivity index (χ1v) is 8.87. The molecule has 0 saturated carbocycles. The van der Waals surface area contributed by atoms with Crippen molar-refractivity contribution >= 4 is 22.0 Å². The minimum atomic E-state index is -0.263. The van der Waals surface area contributed by atoms with Crippen molar-refractivity contribution in [3.63, 3.8) is 0 Å². The first kappa shape index (κ1) is 16.8. The molecule has 1 amide bonds. The molecule has 1 aliphatic heterocycles. The van der Waals surface area contributed by atoms with E-state index in [0.29, 0.717) is 13.2 Å². The first-order valence-electron chi connectivity index (χ1n) is 8.08. The zero-order valence-electron chi connectivity index (χ0n) is 13.4. The molecule has 1 fully saturated rings. The maximum atomic E-state index is 12.3. The van der Waals surface area contributed by atoms with Gasteiger partial charge in [0.05, 0.1) is 6.04 Å². The second-order valence-electron chi connectivity index (χ2n) is 5.79. The van der Waals surface area contributed by atoms with Crippen molar-refractivity contribution in [2.75, 3.05) is 13.2 Å². The molecule has 4 nitrogen and oxygen atoms in total. The van der Waals surface area contributed by atoms with Crippen LogP contribution in [-0.4, -0.2) is 30.2 Å². The van der Waals surface area contributed by atoms with E-state index in [0.717, 1.165) is 35.2 Å². The lowest BCUT2D eigenvalue weighted by Gasteiger charge is -2.24. The summed E-state index contributed by atoms with van der Waals surface area (Å²) >= 11 is 3.40. The summed E-state index contributed by atoms with van der Waals surface area (Å²) in [4.78, 5) is 14.1. The van der Waals surface area contributed by atoms with E-state index in [1.807, 2.05) is 54.6 Å². The van der Waals surface area contributed by atoms with Crippen LogP contribution in [0, 0.1) is 0 Å². The van der Waals surface area contributed by atoms with Gasteiger partial charge in [-0.1, -0.05) is 46.3 Å². The predicted octanol–water partition coefficient (Wildman–Crippen LogP) is 4.63. The Morgan fingerprint density at radius 3 is 2.62 bits per heavy atom. The summed E-state index contributed by atoms with van der Waals surface area (Å²) < 4.78 is 12.3. The molecule has 2 aromatic carbocycles. The topological polar surface area (TPSA) is 38.8 Å². The molecule has 0 bridgehead atoms. The largest absolute Gasteiger partial charge is 0.491 e. The van der Waals surface area contributed by atoms with Gasteiger partial charge in [-0.2, -0.15) is 0 Å². The Labute approximate surface area is 150 Å². The summed E-state index contributed by atoms with van der Waals surface area (Å²) in [5.41, 5.74) is 0.993. The van der Waals surface area contributed by atoms with Gasteiger partial charge in [0.25, 0.3) is 0 Å². The molecule has 0 aliphatic carbocycles. The second kappa shape index (κ2) is 8.20. The van der Waals surface area contributed by atoms with Crippen LogP contribution in [0.25, 0.3) is 0 Å². The number of nitrogens with zero attached hydrogens (tertiary/aromatic N) is 1. The van der Waals surface area contributed by atoms with Crippen molar-refractivity contribution in [3.05, 3.63) is 64.6 Å². The number of likely N-dealkylation sites (tertiary alicyclic amines) is 1. The molecule has 0 radical (unpaired) electrons. The Morgan fingerprint density at radius 1 is 1.12 bits per heavy atom. The van der Waals surface area contributed by atoms with Crippen LogP contribution < -0.4 is 4.74 Å². The lowest BCUT2D eigenvalue weighted by molar-refractivity contribution is 0.0824. The Hall–Kier alpha value is -2.01. The smallest absolute Gasteiger partial charge is 0.410 e. The van der Waals surface area contributed by atoms with Crippen LogP contribution in [0.4, 0.5) is 4.79 Å². The van der Waals surface area contributed by atoms with Crippen LogP contribution in [0.15, 0.2) is 59.1 Å². The second-order valence-corrected chi connectivity index (χ2v) is 6.71. The maximum Gasteiger partial charge on any atom is 0.410 e. The molecule has 1 aliphatic rings. The average Bonchev–Trinajstić information content (AvgIpc) is 3.09. The molecule has 0 N–H and O–H groups in total. The molecular formula is C19H20BrNO3. The highest BCUT2D eigenvalue weighted by molar-refractivity contribution is 9.10. The molecule has 24 heavy (non-hydrogen) atoms. The van der Waals surface area contributed by atoms with Crippen LogP contribution in [0.5, 0.6) is 5.75 Å². The summed E-state index contributed by atoms with van der Waals surface area (Å²) in [6.07, 6.45) is 1.66. The number of rotatable bonds is 5. The maximum absolute atomic E-state index is 12.3. The molecule has 0 aromatic heterocycles. The molecule has 2 aromatic rings. The van der Waals surface area contributed by atoms with Gasteiger partial charge in [0, 0.05) is 11.0 Å². The fourth-order valence-corrected chi connectivity index (χ4v) is 3.04. The quantitative estimate of drug-likeness (QED) is 0.747. The van der Waals surface area contributed by atoms with Crippen molar-refractivity contribution < 1.29 is 14.3 Å². The summed E-state index contributed by atoms with van der Waals surface area (Å²) in [6.45, 7) is 1.51. The Balaban J connectivity index is 1.50. The minimum absolute atomic E-state index is 0.0666. The molecule has 1 saturated heterocycles. The van der Waals surface area contributed by atoms with E-state index in [-0.39, 0.29) is 12.1 Å². The monoisotopic (exact) mass is 389 g/mol. The predicted molar refractivity (Wildman–Crippen MR) is 96.0 cm³/mol. The van der Waals surface area contributed by atoms with E-state index < -0.39 is 0 Å². The normalized spacial score (nSPS) is 16.9. The molecule has 3 rings (SSSR count).